The van der Waals surface area contributed by atoms with Crippen LogP contribution < -0.4 is 0 Å². The van der Waals surface area contributed by atoms with E-state index < -0.39 is 5.97 Å². The van der Waals surface area contributed by atoms with Crippen molar-refractivity contribution in [3.8, 4) is 0 Å². The van der Waals surface area contributed by atoms with Crippen molar-refractivity contribution in [2.45, 2.75) is 31.6 Å². The van der Waals surface area contributed by atoms with Gasteiger partial charge < -0.3 is 9.67 Å². The van der Waals surface area contributed by atoms with Gasteiger partial charge in [0, 0.05) is 30.2 Å². The van der Waals surface area contributed by atoms with E-state index >= 15 is 0 Å². The lowest BCUT2D eigenvalue weighted by Crippen LogP contribution is -2.18. The molecule has 1 aromatic heterocycles. The van der Waals surface area contributed by atoms with E-state index in [4.69, 9.17) is 0 Å². The molecule has 1 aliphatic rings. The Bertz CT molecular complexity index is 782. The van der Waals surface area contributed by atoms with Gasteiger partial charge in [-0.1, -0.05) is 19.1 Å². The van der Waals surface area contributed by atoms with Crippen LogP contribution in [0.1, 0.15) is 51.4 Å². The number of hydrogen-bond acceptors (Lipinski definition) is 3. The van der Waals surface area contributed by atoms with E-state index in [0.29, 0.717) is 18.0 Å². The summed E-state index contributed by atoms with van der Waals surface area (Å²) in [5.74, 6) is 0.0492. The summed E-state index contributed by atoms with van der Waals surface area (Å²) in [6.07, 6.45) is 0.265. The zero-order valence-electron chi connectivity index (χ0n) is 13.3. The van der Waals surface area contributed by atoms with E-state index in [2.05, 4.69) is 0 Å². The Morgan fingerprint density at radius 2 is 2.04 bits per heavy atom. The van der Waals surface area contributed by atoms with Crippen LogP contribution >= 0.6 is 11.8 Å². The molecule has 0 amide bonds. The molecule has 0 bridgehead atoms. The first-order valence-electron chi connectivity index (χ1n) is 7.79. The van der Waals surface area contributed by atoms with Crippen molar-refractivity contribution >= 4 is 23.5 Å². The van der Waals surface area contributed by atoms with E-state index in [1.807, 2.05) is 11.5 Å². The number of ketones is 1. The van der Waals surface area contributed by atoms with Crippen LogP contribution in [0.25, 0.3) is 0 Å². The molecule has 0 radical (unpaired) electrons. The molecule has 126 valence electrons. The summed E-state index contributed by atoms with van der Waals surface area (Å²) in [5, 5.41) is 9.35. The second-order valence-electron chi connectivity index (χ2n) is 5.98. The van der Waals surface area contributed by atoms with Crippen LogP contribution in [0.2, 0.25) is 0 Å². The molecule has 2 aromatic rings. The van der Waals surface area contributed by atoms with Gasteiger partial charge >= 0.3 is 5.97 Å². The molecule has 0 spiro atoms. The summed E-state index contributed by atoms with van der Waals surface area (Å²) < 4.78 is 14.9. The highest BCUT2D eigenvalue weighted by atomic mass is 32.2. The average molecular weight is 347 g/mol. The number of hydrogen-bond donors (Lipinski definition) is 1. The molecule has 3 rings (SSSR count). The molecule has 0 unspecified atom stereocenters. The van der Waals surface area contributed by atoms with Crippen molar-refractivity contribution in [2.75, 3.05) is 5.75 Å². The summed E-state index contributed by atoms with van der Waals surface area (Å²) in [6, 6.07) is 7.63. The number of rotatable bonds is 5. The summed E-state index contributed by atoms with van der Waals surface area (Å²) in [7, 11) is 0. The highest BCUT2D eigenvalue weighted by molar-refractivity contribution is 7.98. The number of carboxylic acid groups (broad SMARTS) is 1. The van der Waals surface area contributed by atoms with Gasteiger partial charge in [0.05, 0.1) is 11.3 Å². The van der Waals surface area contributed by atoms with Gasteiger partial charge in [-0.25, -0.2) is 9.18 Å². The fourth-order valence-electron chi connectivity index (χ4n) is 3.03. The Kier molecular flexibility index (Phi) is 4.76. The molecule has 0 aliphatic carbocycles. The Hall–Kier alpha value is -2.08. The molecule has 6 heteroatoms. The first kappa shape index (κ1) is 16.8. The Morgan fingerprint density at radius 1 is 1.33 bits per heavy atom. The number of aromatic carboxylic acids is 1. The van der Waals surface area contributed by atoms with Crippen molar-refractivity contribution in [3.63, 3.8) is 0 Å². The zero-order chi connectivity index (χ0) is 17.3. The third-order valence-corrected chi connectivity index (χ3v) is 5.30. The molecule has 1 aromatic carbocycles. The number of carboxylic acids is 1. The number of aromatic nitrogens is 1. The van der Waals surface area contributed by atoms with E-state index in [9.17, 15) is 19.1 Å². The van der Waals surface area contributed by atoms with Gasteiger partial charge in [-0.15, -0.1) is 0 Å². The van der Waals surface area contributed by atoms with E-state index in [0.717, 1.165) is 17.0 Å². The molecule has 24 heavy (non-hydrogen) atoms. The SMILES string of the molecule is C[C@@H](CC(=O)c1cc(C(=O)O)c2n1CCSC2)c1ccc(F)cc1. The van der Waals surface area contributed by atoms with Gasteiger partial charge in [0.15, 0.2) is 5.78 Å². The molecular formula is C18H18FNO3S. The number of fused-ring (bicyclic) bond motifs is 1. The van der Waals surface area contributed by atoms with Gasteiger partial charge in [-0.3, -0.25) is 4.79 Å². The Morgan fingerprint density at radius 3 is 2.71 bits per heavy atom. The maximum absolute atomic E-state index is 13.0. The largest absolute Gasteiger partial charge is 0.478 e. The number of Topliss-reactive ketones (excluding diaryl/α,β-unsaturated/α-hetero) is 1. The number of halogens is 1. The Labute approximate surface area is 143 Å². The quantitative estimate of drug-likeness (QED) is 0.832. The van der Waals surface area contributed by atoms with Crippen molar-refractivity contribution in [3.05, 3.63) is 58.7 Å². The number of thioether (sulfide) groups is 1. The van der Waals surface area contributed by atoms with Crippen LogP contribution in [0.4, 0.5) is 4.39 Å². The number of benzene rings is 1. The molecule has 1 N–H and O–H groups in total. The minimum atomic E-state index is -0.994. The maximum atomic E-state index is 13.0. The number of carbonyl (C=O) groups is 2. The summed E-state index contributed by atoms with van der Waals surface area (Å²) >= 11 is 1.68. The second kappa shape index (κ2) is 6.81. The zero-order valence-corrected chi connectivity index (χ0v) is 14.1. The summed E-state index contributed by atoms with van der Waals surface area (Å²) in [4.78, 5) is 24.1. The standard InChI is InChI=1S/C18H18FNO3S/c1-11(12-2-4-13(19)5-3-12)8-17(21)15-9-14(18(22)23)16-10-24-7-6-20(15)16/h2-5,9,11H,6-8,10H2,1H3,(H,22,23)/t11-/m0/s1. The molecular weight excluding hydrogens is 329 g/mol. The highest BCUT2D eigenvalue weighted by Crippen LogP contribution is 2.29. The fraction of sp³-hybridized carbons (Fsp3) is 0.333. The topological polar surface area (TPSA) is 59.3 Å². The lowest BCUT2D eigenvalue weighted by Gasteiger charge is -2.18. The van der Waals surface area contributed by atoms with Crippen LogP contribution in [0.3, 0.4) is 0 Å². The van der Waals surface area contributed by atoms with Crippen LogP contribution in [-0.4, -0.2) is 27.2 Å². The van der Waals surface area contributed by atoms with Crippen molar-refractivity contribution in [2.24, 2.45) is 0 Å². The van der Waals surface area contributed by atoms with Crippen molar-refractivity contribution in [1.29, 1.82) is 0 Å². The smallest absolute Gasteiger partial charge is 0.337 e. The van der Waals surface area contributed by atoms with Crippen LogP contribution in [0.5, 0.6) is 0 Å². The first-order chi connectivity index (χ1) is 11.5. The third-order valence-electron chi connectivity index (χ3n) is 4.35. The minimum absolute atomic E-state index is 0.0597. The first-order valence-corrected chi connectivity index (χ1v) is 8.95. The van der Waals surface area contributed by atoms with E-state index in [-0.39, 0.29) is 29.5 Å². The predicted octanol–water partition coefficient (Wildman–Crippen LogP) is 3.95. The number of carbonyl (C=O) groups excluding carboxylic acids is 1. The Balaban J connectivity index is 1.85. The van der Waals surface area contributed by atoms with Gasteiger partial charge in [0.1, 0.15) is 5.82 Å². The van der Waals surface area contributed by atoms with Gasteiger partial charge in [-0.2, -0.15) is 11.8 Å². The van der Waals surface area contributed by atoms with E-state index in [1.165, 1.54) is 18.2 Å². The van der Waals surface area contributed by atoms with Crippen LogP contribution in [0, 0.1) is 5.82 Å². The second-order valence-corrected chi connectivity index (χ2v) is 7.08. The third kappa shape index (κ3) is 3.24. The van der Waals surface area contributed by atoms with Crippen LogP contribution in [-0.2, 0) is 12.3 Å². The molecule has 0 saturated heterocycles. The van der Waals surface area contributed by atoms with Crippen molar-refractivity contribution in [1.82, 2.24) is 4.57 Å². The lowest BCUT2D eigenvalue weighted by molar-refractivity contribution is 0.0695. The highest BCUT2D eigenvalue weighted by Gasteiger charge is 2.26. The summed E-state index contributed by atoms with van der Waals surface area (Å²) in [5.41, 5.74) is 2.30. The van der Waals surface area contributed by atoms with Gasteiger partial charge in [0.2, 0.25) is 0 Å². The fourth-order valence-corrected chi connectivity index (χ4v) is 3.99. The van der Waals surface area contributed by atoms with Gasteiger partial charge in [-0.05, 0) is 29.7 Å². The monoisotopic (exact) mass is 347 g/mol. The molecule has 4 nitrogen and oxygen atoms in total. The van der Waals surface area contributed by atoms with Gasteiger partial charge in [0.25, 0.3) is 0 Å². The normalized spacial score (nSPS) is 14.9. The minimum Gasteiger partial charge on any atom is -0.478 e. The maximum Gasteiger partial charge on any atom is 0.337 e. The number of nitrogens with zero attached hydrogens (tertiary/aromatic N) is 1. The average Bonchev–Trinajstić information content (AvgIpc) is 2.95. The molecule has 1 atom stereocenters. The van der Waals surface area contributed by atoms with Crippen molar-refractivity contribution < 1.29 is 19.1 Å². The molecule has 0 fully saturated rings. The molecule has 2 heterocycles. The molecule has 1 aliphatic heterocycles. The molecule has 0 saturated carbocycles. The van der Waals surface area contributed by atoms with Crippen LogP contribution in [0.15, 0.2) is 30.3 Å². The lowest BCUT2D eigenvalue weighted by atomic mass is 9.94. The summed E-state index contributed by atoms with van der Waals surface area (Å²) in [6.45, 7) is 2.57. The predicted molar refractivity (Wildman–Crippen MR) is 91.3 cm³/mol. The van der Waals surface area contributed by atoms with E-state index in [1.54, 1.807) is 23.9 Å².